The van der Waals surface area contributed by atoms with Crippen LogP contribution in [0.4, 0.5) is 5.69 Å². The number of anilines is 1. The Morgan fingerprint density at radius 1 is 1.25 bits per heavy atom. The summed E-state index contributed by atoms with van der Waals surface area (Å²) < 4.78 is 0. The molecule has 16 heavy (non-hydrogen) atoms. The predicted octanol–water partition coefficient (Wildman–Crippen LogP) is 1.93. The van der Waals surface area contributed by atoms with Crippen LogP contribution in [-0.4, -0.2) is 16.7 Å². The molecule has 0 aliphatic carbocycles. The molecule has 1 aromatic heterocycles. The minimum absolute atomic E-state index is 0.403. The number of benzene rings is 1. The molecule has 2 rings (SSSR count). The predicted molar refractivity (Wildman–Crippen MR) is 65.1 cm³/mol. The van der Waals surface area contributed by atoms with Gasteiger partial charge < -0.3 is 5.73 Å². The van der Waals surface area contributed by atoms with E-state index in [0.717, 1.165) is 11.3 Å². The molecule has 80 valence electrons. The topological polar surface area (TPSA) is 64.2 Å². The third kappa shape index (κ3) is 2.06. The quantitative estimate of drug-likeness (QED) is 0.790. The maximum Gasteiger partial charge on any atom is 0.150 e. The third-order valence-corrected chi connectivity index (χ3v) is 2.17. The monoisotopic (exact) mass is 212 g/mol. The number of rotatable bonds is 3. The first-order chi connectivity index (χ1) is 7.81. The molecule has 0 bridgehead atoms. The highest BCUT2D eigenvalue weighted by Gasteiger charge is 2.05. The number of nitrogens with zero attached hydrogens (tertiary/aromatic N) is 3. The fourth-order valence-electron chi connectivity index (χ4n) is 1.43. The van der Waals surface area contributed by atoms with E-state index in [1.54, 1.807) is 6.20 Å². The zero-order chi connectivity index (χ0) is 11.4. The Kier molecular flexibility index (Phi) is 2.91. The standard InChI is InChI=1S/C12H12N4/c1-14-8-11-15-7-10(13)12(16-11)9-5-3-2-4-6-9/h2-7H,1,8,13H2. The molecule has 0 radical (unpaired) electrons. The van der Waals surface area contributed by atoms with Crippen LogP contribution in [0.1, 0.15) is 5.82 Å². The summed E-state index contributed by atoms with van der Waals surface area (Å²) >= 11 is 0. The van der Waals surface area contributed by atoms with E-state index < -0.39 is 0 Å². The molecule has 4 nitrogen and oxygen atoms in total. The van der Waals surface area contributed by atoms with Crippen molar-refractivity contribution in [1.82, 2.24) is 9.97 Å². The Balaban J connectivity index is 2.47. The number of hydrogen-bond donors (Lipinski definition) is 1. The van der Waals surface area contributed by atoms with Crippen LogP contribution < -0.4 is 5.73 Å². The SMILES string of the molecule is C=NCc1ncc(N)c(-c2ccccc2)n1. The molecular weight excluding hydrogens is 200 g/mol. The normalized spacial score (nSPS) is 10.0. The van der Waals surface area contributed by atoms with Crippen molar-refractivity contribution in [3.63, 3.8) is 0 Å². The van der Waals surface area contributed by atoms with E-state index in [0.29, 0.717) is 18.1 Å². The molecule has 0 amide bonds. The number of aliphatic imine (C=N–C) groups is 1. The first kappa shape index (κ1) is 10.3. The number of aromatic nitrogens is 2. The maximum absolute atomic E-state index is 5.85. The lowest BCUT2D eigenvalue weighted by Crippen LogP contribution is -2.00. The molecule has 1 heterocycles. The average Bonchev–Trinajstić information content (AvgIpc) is 2.33. The molecule has 1 aromatic carbocycles. The van der Waals surface area contributed by atoms with Crippen molar-refractivity contribution in [2.24, 2.45) is 4.99 Å². The van der Waals surface area contributed by atoms with E-state index in [-0.39, 0.29) is 0 Å². The fourth-order valence-corrected chi connectivity index (χ4v) is 1.43. The summed E-state index contributed by atoms with van der Waals surface area (Å²) in [5.74, 6) is 0.628. The van der Waals surface area contributed by atoms with Crippen molar-refractivity contribution in [1.29, 1.82) is 0 Å². The highest BCUT2D eigenvalue weighted by atomic mass is 14.9. The van der Waals surface area contributed by atoms with Crippen LogP contribution in [0.2, 0.25) is 0 Å². The largest absolute Gasteiger partial charge is 0.396 e. The summed E-state index contributed by atoms with van der Waals surface area (Å²) in [5.41, 5.74) is 8.14. The molecule has 2 aromatic rings. The molecule has 0 unspecified atom stereocenters. The van der Waals surface area contributed by atoms with Crippen molar-refractivity contribution in [3.05, 3.63) is 42.4 Å². The van der Waals surface area contributed by atoms with E-state index in [9.17, 15) is 0 Å². The molecular formula is C12H12N4. The van der Waals surface area contributed by atoms with Gasteiger partial charge in [-0.25, -0.2) is 9.97 Å². The van der Waals surface area contributed by atoms with Crippen LogP contribution in [0.25, 0.3) is 11.3 Å². The van der Waals surface area contributed by atoms with Crippen LogP contribution in [-0.2, 0) is 6.54 Å². The molecule has 0 spiro atoms. The second-order valence-corrected chi connectivity index (χ2v) is 3.34. The fraction of sp³-hybridized carbons (Fsp3) is 0.0833. The first-order valence-electron chi connectivity index (χ1n) is 4.90. The van der Waals surface area contributed by atoms with Crippen LogP contribution >= 0.6 is 0 Å². The highest BCUT2D eigenvalue weighted by molar-refractivity contribution is 5.71. The molecule has 0 saturated carbocycles. The lowest BCUT2D eigenvalue weighted by atomic mass is 10.1. The Morgan fingerprint density at radius 3 is 2.69 bits per heavy atom. The van der Waals surface area contributed by atoms with Crippen molar-refractivity contribution in [2.75, 3.05) is 5.73 Å². The zero-order valence-electron chi connectivity index (χ0n) is 8.80. The van der Waals surface area contributed by atoms with Gasteiger partial charge in [0.2, 0.25) is 0 Å². The van der Waals surface area contributed by atoms with Gasteiger partial charge in [0, 0.05) is 5.56 Å². The van der Waals surface area contributed by atoms with Crippen molar-refractivity contribution < 1.29 is 0 Å². The molecule has 2 N–H and O–H groups in total. The van der Waals surface area contributed by atoms with Crippen LogP contribution in [0.5, 0.6) is 0 Å². The summed E-state index contributed by atoms with van der Waals surface area (Å²) in [4.78, 5) is 12.2. The molecule has 0 saturated heterocycles. The van der Waals surface area contributed by atoms with Crippen molar-refractivity contribution in [3.8, 4) is 11.3 Å². The molecule has 0 aliphatic rings. The van der Waals surface area contributed by atoms with E-state index in [2.05, 4.69) is 21.7 Å². The van der Waals surface area contributed by atoms with Crippen molar-refractivity contribution >= 4 is 12.4 Å². The lowest BCUT2D eigenvalue weighted by molar-refractivity contribution is 0.921. The Bertz CT molecular complexity index is 494. The van der Waals surface area contributed by atoms with E-state index in [1.807, 2.05) is 30.3 Å². The summed E-state index contributed by atoms with van der Waals surface area (Å²) in [5, 5.41) is 0. The van der Waals surface area contributed by atoms with Gasteiger partial charge in [-0.1, -0.05) is 30.3 Å². The van der Waals surface area contributed by atoms with Crippen LogP contribution in [0, 0.1) is 0 Å². The van der Waals surface area contributed by atoms with Gasteiger partial charge in [0.15, 0.2) is 0 Å². The summed E-state index contributed by atoms with van der Waals surface area (Å²) in [6.45, 7) is 3.82. The number of nitrogen functional groups attached to an aromatic ring is 1. The van der Waals surface area contributed by atoms with E-state index in [1.165, 1.54) is 0 Å². The van der Waals surface area contributed by atoms with Gasteiger partial charge >= 0.3 is 0 Å². The van der Waals surface area contributed by atoms with Crippen LogP contribution in [0.3, 0.4) is 0 Å². The molecule has 0 fully saturated rings. The van der Waals surface area contributed by atoms with Crippen LogP contribution in [0.15, 0.2) is 41.5 Å². The van der Waals surface area contributed by atoms with E-state index >= 15 is 0 Å². The van der Waals surface area contributed by atoms with Gasteiger partial charge in [-0.05, 0) is 6.72 Å². The maximum atomic E-state index is 5.85. The Hall–Kier alpha value is -2.23. The minimum Gasteiger partial charge on any atom is -0.396 e. The molecule has 0 atom stereocenters. The van der Waals surface area contributed by atoms with Gasteiger partial charge in [0.1, 0.15) is 5.82 Å². The molecule has 4 heteroatoms. The second kappa shape index (κ2) is 4.53. The van der Waals surface area contributed by atoms with Gasteiger partial charge in [-0.15, -0.1) is 0 Å². The van der Waals surface area contributed by atoms with Gasteiger partial charge in [-0.3, -0.25) is 4.99 Å². The van der Waals surface area contributed by atoms with E-state index in [4.69, 9.17) is 5.73 Å². The Labute approximate surface area is 93.9 Å². The van der Waals surface area contributed by atoms with Gasteiger partial charge in [0.25, 0.3) is 0 Å². The lowest BCUT2D eigenvalue weighted by Gasteiger charge is -2.05. The number of nitrogens with two attached hydrogens (primary N) is 1. The Morgan fingerprint density at radius 2 is 2.00 bits per heavy atom. The smallest absolute Gasteiger partial charge is 0.150 e. The highest BCUT2D eigenvalue weighted by Crippen LogP contribution is 2.22. The number of hydrogen-bond acceptors (Lipinski definition) is 4. The summed E-state index contributed by atoms with van der Waals surface area (Å²) in [7, 11) is 0. The first-order valence-corrected chi connectivity index (χ1v) is 4.90. The minimum atomic E-state index is 0.403. The van der Waals surface area contributed by atoms with Gasteiger partial charge in [0.05, 0.1) is 24.1 Å². The molecule has 0 aliphatic heterocycles. The van der Waals surface area contributed by atoms with Crippen molar-refractivity contribution in [2.45, 2.75) is 6.54 Å². The second-order valence-electron chi connectivity index (χ2n) is 3.34. The van der Waals surface area contributed by atoms with Gasteiger partial charge in [-0.2, -0.15) is 0 Å². The summed E-state index contributed by atoms with van der Waals surface area (Å²) in [6, 6.07) is 9.77. The zero-order valence-corrected chi connectivity index (χ0v) is 8.80. The third-order valence-electron chi connectivity index (χ3n) is 2.17. The summed E-state index contributed by atoms with van der Waals surface area (Å²) in [6.07, 6.45) is 1.61. The average molecular weight is 212 g/mol.